The number of likely N-dealkylation sites (tertiary alicyclic amines) is 1. The lowest BCUT2D eigenvalue weighted by molar-refractivity contribution is -0.124. The average molecular weight is 221 g/mol. The smallest absolute Gasteiger partial charge is 0.240 e. The van der Waals surface area contributed by atoms with Crippen LogP contribution in [0.25, 0.3) is 0 Å². The van der Waals surface area contributed by atoms with Gasteiger partial charge in [-0.2, -0.15) is 5.26 Å². The first-order valence-corrected chi connectivity index (χ1v) is 6.15. The highest BCUT2D eigenvalue weighted by Crippen LogP contribution is 2.44. The Balaban J connectivity index is 1.79. The Bertz CT molecular complexity index is 317. The van der Waals surface area contributed by atoms with Crippen molar-refractivity contribution in [3.8, 4) is 6.07 Å². The second kappa shape index (κ2) is 4.42. The first-order valence-electron chi connectivity index (χ1n) is 6.15. The van der Waals surface area contributed by atoms with Gasteiger partial charge in [-0.25, -0.2) is 0 Å². The van der Waals surface area contributed by atoms with Crippen molar-refractivity contribution in [2.75, 3.05) is 19.6 Å². The highest BCUT2D eigenvalue weighted by molar-refractivity contribution is 5.88. The number of rotatable bonds is 4. The second-order valence-corrected chi connectivity index (χ2v) is 4.83. The zero-order valence-electron chi connectivity index (χ0n) is 9.83. The monoisotopic (exact) mass is 221 g/mol. The summed E-state index contributed by atoms with van der Waals surface area (Å²) in [6.07, 6.45) is 3.85. The molecule has 0 aromatic heterocycles. The molecule has 1 saturated heterocycles. The van der Waals surface area contributed by atoms with Gasteiger partial charge in [-0.05, 0) is 38.8 Å². The van der Waals surface area contributed by atoms with Gasteiger partial charge in [0.25, 0.3) is 0 Å². The third-order valence-electron chi connectivity index (χ3n) is 3.80. The number of carbonyl (C=O) groups excluding carboxylic acids is 1. The van der Waals surface area contributed by atoms with Gasteiger partial charge in [-0.1, -0.05) is 6.92 Å². The third kappa shape index (κ3) is 2.05. The fourth-order valence-electron chi connectivity index (χ4n) is 2.44. The van der Waals surface area contributed by atoms with E-state index in [1.165, 1.54) is 6.42 Å². The van der Waals surface area contributed by atoms with Crippen molar-refractivity contribution in [3.05, 3.63) is 0 Å². The van der Waals surface area contributed by atoms with Crippen molar-refractivity contribution in [2.45, 2.75) is 38.6 Å². The molecule has 0 bridgehead atoms. The maximum absolute atomic E-state index is 11.8. The topological polar surface area (TPSA) is 56.1 Å². The first-order chi connectivity index (χ1) is 7.72. The van der Waals surface area contributed by atoms with Gasteiger partial charge in [0.1, 0.15) is 5.41 Å². The van der Waals surface area contributed by atoms with Crippen LogP contribution in [-0.4, -0.2) is 36.5 Å². The van der Waals surface area contributed by atoms with Crippen molar-refractivity contribution in [1.82, 2.24) is 10.2 Å². The van der Waals surface area contributed by atoms with Crippen molar-refractivity contribution >= 4 is 5.91 Å². The summed E-state index contributed by atoms with van der Waals surface area (Å²) >= 11 is 0. The summed E-state index contributed by atoms with van der Waals surface area (Å²) in [6.45, 7) is 5.04. The minimum absolute atomic E-state index is 0.0575. The molecular weight excluding hydrogens is 202 g/mol. The Labute approximate surface area is 96.6 Å². The molecule has 88 valence electrons. The van der Waals surface area contributed by atoms with Crippen LogP contribution in [0.5, 0.6) is 0 Å². The number of nitrogens with zero attached hydrogens (tertiary/aromatic N) is 2. The number of carbonyl (C=O) groups is 1. The highest BCUT2D eigenvalue weighted by atomic mass is 16.2. The molecule has 16 heavy (non-hydrogen) atoms. The Morgan fingerprint density at radius 3 is 2.94 bits per heavy atom. The molecule has 4 nitrogen and oxygen atoms in total. The third-order valence-corrected chi connectivity index (χ3v) is 3.80. The predicted octanol–water partition coefficient (Wildman–Crippen LogP) is 0.891. The molecular formula is C12H19N3O. The van der Waals surface area contributed by atoms with Crippen LogP contribution in [0.3, 0.4) is 0 Å². The van der Waals surface area contributed by atoms with E-state index >= 15 is 0 Å². The molecule has 1 saturated carbocycles. The van der Waals surface area contributed by atoms with E-state index in [9.17, 15) is 4.79 Å². The van der Waals surface area contributed by atoms with Gasteiger partial charge in [0, 0.05) is 12.6 Å². The second-order valence-electron chi connectivity index (χ2n) is 4.83. The molecule has 1 aliphatic heterocycles. The molecule has 1 atom stereocenters. The highest BCUT2D eigenvalue weighted by Gasteiger charge is 2.50. The number of hydrogen-bond acceptors (Lipinski definition) is 3. The summed E-state index contributed by atoms with van der Waals surface area (Å²) in [5, 5.41) is 11.8. The van der Waals surface area contributed by atoms with Crippen LogP contribution in [0.4, 0.5) is 0 Å². The maximum Gasteiger partial charge on any atom is 0.240 e. The maximum atomic E-state index is 11.8. The minimum atomic E-state index is -0.671. The molecule has 1 aliphatic carbocycles. The summed E-state index contributed by atoms with van der Waals surface area (Å²) in [4.78, 5) is 14.2. The number of likely N-dealkylation sites (N-methyl/N-ethyl adjacent to an activating group) is 1. The molecule has 0 aromatic rings. The zero-order valence-corrected chi connectivity index (χ0v) is 9.83. The zero-order chi connectivity index (χ0) is 11.6. The molecule has 1 heterocycles. The lowest BCUT2D eigenvalue weighted by Gasteiger charge is -2.23. The van der Waals surface area contributed by atoms with E-state index in [1.54, 1.807) is 0 Å². The quantitative estimate of drug-likeness (QED) is 0.767. The van der Waals surface area contributed by atoms with Gasteiger partial charge in [0.2, 0.25) is 5.91 Å². The minimum Gasteiger partial charge on any atom is -0.353 e. The van der Waals surface area contributed by atoms with E-state index in [0.29, 0.717) is 12.6 Å². The number of nitrogens with one attached hydrogen (secondary N) is 1. The normalized spacial score (nSPS) is 27.4. The van der Waals surface area contributed by atoms with Gasteiger partial charge in [-0.3, -0.25) is 9.69 Å². The molecule has 2 fully saturated rings. The van der Waals surface area contributed by atoms with Gasteiger partial charge in [0.15, 0.2) is 0 Å². The Morgan fingerprint density at radius 2 is 2.38 bits per heavy atom. The molecule has 0 radical (unpaired) electrons. The molecule has 0 aromatic carbocycles. The molecule has 1 N–H and O–H groups in total. The average Bonchev–Trinajstić information content (AvgIpc) is 2.98. The number of nitriles is 1. The molecule has 0 spiro atoms. The number of hydrogen-bond donors (Lipinski definition) is 1. The van der Waals surface area contributed by atoms with E-state index in [2.05, 4.69) is 23.2 Å². The Hall–Kier alpha value is -1.08. The van der Waals surface area contributed by atoms with Crippen LogP contribution >= 0.6 is 0 Å². The number of amides is 1. The van der Waals surface area contributed by atoms with Crippen molar-refractivity contribution in [2.24, 2.45) is 5.41 Å². The summed E-state index contributed by atoms with van der Waals surface area (Å²) < 4.78 is 0. The molecule has 2 rings (SSSR count). The standard InChI is InChI=1S/C12H19N3O/c1-2-15-7-3-4-10(15)8-14-11(16)12(9-13)5-6-12/h10H,2-8H2,1H3,(H,14,16). The summed E-state index contributed by atoms with van der Waals surface area (Å²) in [6, 6.07) is 2.60. The van der Waals surface area contributed by atoms with E-state index in [0.717, 1.165) is 32.4 Å². The van der Waals surface area contributed by atoms with Gasteiger partial charge < -0.3 is 5.32 Å². The van der Waals surface area contributed by atoms with E-state index in [4.69, 9.17) is 5.26 Å². The van der Waals surface area contributed by atoms with Crippen LogP contribution in [0.1, 0.15) is 32.6 Å². The fourth-order valence-corrected chi connectivity index (χ4v) is 2.44. The van der Waals surface area contributed by atoms with E-state index in [1.807, 2.05) is 0 Å². The summed E-state index contributed by atoms with van der Waals surface area (Å²) in [5.41, 5.74) is -0.671. The van der Waals surface area contributed by atoms with Crippen LogP contribution in [0.2, 0.25) is 0 Å². The van der Waals surface area contributed by atoms with Crippen LogP contribution in [-0.2, 0) is 4.79 Å². The van der Waals surface area contributed by atoms with Gasteiger partial charge >= 0.3 is 0 Å². The van der Waals surface area contributed by atoms with E-state index in [-0.39, 0.29) is 5.91 Å². The molecule has 1 amide bonds. The Kier molecular flexibility index (Phi) is 3.15. The molecule has 1 unspecified atom stereocenters. The lowest BCUT2D eigenvalue weighted by atomic mass is 10.1. The summed E-state index contributed by atoms with van der Waals surface area (Å²) in [7, 11) is 0. The largest absolute Gasteiger partial charge is 0.353 e. The van der Waals surface area contributed by atoms with Crippen molar-refractivity contribution in [3.63, 3.8) is 0 Å². The molecule has 2 aliphatic rings. The fraction of sp³-hybridized carbons (Fsp3) is 0.833. The summed E-state index contributed by atoms with van der Waals surface area (Å²) in [5.74, 6) is -0.0575. The Morgan fingerprint density at radius 1 is 1.62 bits per heavy atom. The lowest BCUT2D eigenvalue weighted by Crippen LogP contribution is -2.42. The van der Waals surface area contributed by atoms with Crippen LogP contribution < -0.4 is 5.32 Å². The van der Waals surface area contributed by atoms with Gasteiger partial charge in [0.05, 0.1) is 6.07 Å². The van der Waals surface area contributed by atoms with Crippen LogP contribution in [0.15, 0.2) is 0 Å². The van der Waals surface area contributed by atoms with Crippen molar-refractivity contribution < 1.29 is 4.79 Å². The SMILES string of the molecule is CCN1CCCC1CNC(=O)C1(C#N)CC1. The molecule has 4 heteroatoms. The predicted molar refractivity (Wildman–Crippen MR) is 60.6 cm³/mol. The van der Waals surface area contributed by atoms with E-state index < -0.39 is 5.41 Å². The van der Waals surface area contributed by atoms with Crippen LogP contribution in [0, 0.1) is 16.7 Å². The first kappa shape index (κ1) is 11.4. The van der Waals surface area contributed by atoms with Crippen molar-refractivity contribution in [1.29, 1.82) is 5.26 Å². The van der Waals surface area contributed by atoms with Gasteiger partial charge in [-0.15, -0.1) is 0 Å².